The molecule has 1 N–H and O–H groups in total. The van der Waals surface area contributed by atoms with Crippen LogP contribution in [0.25, 0.3) is 0 Å². The minimum atomic E-state index is -1.09. The molecule has 1 fully saturated rings. The molecule has 2 amide bonds. The summed E-state index contributed by atoms with van der Waals surface area (Å²) in [4.78, 5) is 29.9. The first-order chi connectivity index (χ1) is 12.9. The topological polar surface area (TPSA) is 52.7 Å². The van der Waals surface area contributed by atoms with Crippen LogP contribution in [0.5, 0.6) is 0 Å². The fourth-order valence-electron chi connectivity index (χ4n) is 3.54. The summed E-state index contributed by atoms with van der Waals surface area (Å²) in [6.45, 7) is 11.1. The number of nitrogens with one attached hydrogen (secondary N) is 1. The van der Waals surface area contributed by atoms with Crippen LogP contribution < -0.4 is 10.2 Å². The van der Waals surface area contributed by atoms with E-state index in [1.165, 1.54) is 24.9 Å². The van der Waals surface area contributed by atoms with E-state index in [2.05, 4.69) is 22.3 Å². The van der Waals surface area contributed by atoms with Crippen molar-refractivity contribution in [1.29, 1.82) is 0 Å². The van der Waals surface area contributed by atoms with Crippen LogP contribution in [-0.2, 0) is 9.59 Å². The molecule has 1 aliphatic rings. The summed E-state index contributed by atoms with van der Waals surface area (Å²) < 4.78 is 0. The number of anilines is 2. The largest absolute Gasteiger partial charge is 0.372 e. The number of carbonyl (C=O) groups is 2. The molecule has 150 valence electrons. The molecule has 0 saturated carbocycles. The maximum absolute atomic E-state index is 12.9. The molecule has 0 spiro atoms. The van der Waals surface area contributed by atoms with Gasteiger partial charge in [0.05, 0.1) is 0 Å². The van der Waals surface area contributed by atoms with E-state index in [4.69, 9.17) is 0 Å². The molecule has 1 saturated heterocycles. The van der Waals surface area contributed by atoms with Crippen LogP contribution >= 0.6 is 0 Å². The van der Waals surface area contributed by atoms with E-state index in [0.717, 1.165) is 31.6 Å². The average molecular weight is 374 g/mol. The summed E-state index contributed by atoms with van der Waals surface area (Å²) in [6, 6.07) is 7.96. The number of hydrogen-bond donors (Lipinski definition) is 1. The molecule has 0 bridgehead atoms. The molecule has 0 atom stereocenters. The zero-order valence-electron chi connectivity index (χ0n) is 17.4. The predicted molar refractivity (Wildman–Crippen MR) is 112 cm³/mol. The second kappa shape index (κ2) is 9.77. The highest BCUT2D eigenvalue weighted by atomic mass is 16.2. The van der Waals surface area contributed by atoms with Crippen LogP contribution in [0.4, 0.5) is 11.4 Å². The van der Waals surface area contributed by atoms with Gasteiger partial charge in [0.2, 0.25) is 11.8 Å². The molecule has 1 heterocycles. The SMILES string of the molecule is CCCN(CCC)C(=O)C(C)(C)C(=O)Nc1ccc(N2CCCCC2)cc1. The Balaban J connectivity index is 2.02. The summed E-state index contributed by atoms with van der Waals surface area (Å²) in [5.74, 6) is -0.357. The van der Waals surface area contributed by atoms with Gasteiger partial charge < -0.3 is 15.1 Å². The van der Waals surface area contributed by atoms with Crippen LogP contribution in [0.2, 0.25) is 0 Å². The van der Waals surface area contributed by atoms with Crippen molar-refractivity contribution in [3.05, 3.63) is 24.3 Å². The molecule has 5 nitrogen and oxygen atoms in total. The zero-order chi connectivity index (χ0) is 19.9. The van der Waals surface area contributed by atoms with Gasteiger partial charge in [0, 0.05) is 37.6 Å². The molecule has 0 unspecified atom stereocenters. The van der Waals surface area contributed by atoms with E-state index in [-0.39, 0.29) is 11.8 Å². The molecule has 1 aromatic rings. The summed E-state index contributed by atoms with van der Waals surface area (Å²) in [6.07, 6.45) is 5.56. The number of nitrogens with zero attached hydrogens (tertiary/aromatic N) is 2. The molecular formula is C22H35N3O2. The van der Waals surface area contributed by atoms with Crippen LogP contribution in [-0.4, -0.2) is 42.9 Å². The maximum Gasteiger partial charge on any atom is 0.239 e. The highest BCUT2D eigenvalue weighted by Crippen LogP contribution is 2.25. The summed E-state index contributed by atoms with van der Waals surface area (Å²) in [7, 11) is 0. The van der Waals surface area contributed by atoms with Crippen LogP contribution in [0.1, 0.15) is 59.8 Å². The first-order valence-corrected chi connectivity index (χ1v) is 10.4. The van der Waals surface area contributed by atoms with Gasteiger partial charge >= 0.3 is 0 Å². The molecule has 1 aliphatic heterocycles. The van der Waals surface area contributed by atoms with Crippen molar-refractivity contribution in [2.45, 2.75) is 59.8 Å². The van der Waals surface area contributed by atoms with Gasteiger partial charge in [-0.3, -0.25) is 9.59 Å². The molecule has 2 rings (SSSR count). The molecule has 5 heteroatoms. The third-order valence-corrected chi connectivity index (χ3v) is 5.22. The smallest absolute Gasteiger partial charge is 0.239 e. The third-order valence-electron chi connectivity index (χ3n) is 5.22. The maximum atomic E-state index is 12.9. The Morgan fingerprint density at radius 1 is 1.00 bits per heavy atom. The summed E-state index contributed by atoms with van der Waals surface area (Å²) >= 11 is 0. The Bertz CT molecular complexity index is 613. The lowest BCUT2D eigenvalue weighted by molar-refractivity contribution is -0.146. The van der Waals surface area contributed by atoms with Crippen LogP contribution in [0.3, 0.4) is 0 Å². The molecule has 0 radical (unpaired) electrons. The summed E-state index contributed by atoms with van der Waals surface area (Å²) in [5, 5.41) is 2.93. The van der Waals surface area contributed by atoms with Crippen molar-refractivity contribution in [1.82, 2.24) is 4.90 Å². The van der Waals surface area contributed by atoms with Crippen molar-refractivity contribution in [3.63, 3.8) is 0 Å². The average Bonchev–Trinajstić information content (AvgIpc) is 2.68. The standard InChI is InChI=1S/C22H35N3O2/c1-5-14-25(15-6-2)21(27)22(3,4)20(26)23-18-10-12-19(13-11-18)24-16-8-7-9-17-24/h10-13H,5-9,14-17H2,1-4H3,(H,23,26). The molecule has 0 aliphatic carbocycles. The second-order valence-corrected chi connectivity index (χ2v) is 7.97. The Kier molecular flexibility index (Phi) is 7.69. The van der Waals surface area contributed by atoms with Crippen molar-refractivity contribution >= 4 is 23.2 Å². The number of amides is 2. The van der Waals surface area contributed by atoms with Gasteiger partial charge in [-0.05, 0) is 70.2 Å². The van der Waals surface area contributed by atoms with E-state index in [1.54, 1.807) is 18.7 Å². The minimum absolute atomic E-state index is 0.103. The van der Waals surface area contributed by atoms with Crippen molar-refractivity contribution in [2.24, 2.45) is 5.41 Å². The quantitative estimate of drug-likeness (QED) is 0.692. The van der Waals surface area contributed by atoms with Crippen molar-refractivity contribution in [2.75, 3.05) is 36.4 Å². The Hall–Kier alpha value is -2.04. The lowest BCUT2D eigenvalue weighted by Crippen LogP contribution is -2.47. The van der Waals surface area contributed by atoms with Gasteiger partial charge in [0.15, 0.2) is 0 Å². The fourth-order valence-corrected chi connectivity index (χ4v) is 3.54. The Labute approximate surface area is 164 Å². The van der Waals surface area contributed by atoms with Gasteiger partial charge in [-0.15, -0.1) is 0 Å². The van der Waals surface area contributed by atoms with Crippen molar-refractivity contribution in [3.8, 4) is 0 Å². The fraction of sp³-hybridized carbons (Fsp3) is 0.636. The molecule has 0 aromatic heterocycles. The van der Waals surface area contributed by atoms with Gasteiger partial charge in [0.1, 0.15) is 5.41 Å². The number of rotatable bonds is 8. The van der Waals surface area contributed by atoms with E-state index in [1.807, 2.05) is 26.0 Å². The van der Waals surface area contributed by atoms with Crippen molar-refractivity contribution < 1.29 is 9.59 Å². The number of piperidine rings is 1. The van der Waals surface area contributed by atoms with E-state index >= 15 is 0 Å². The second-order valence-electron chi connectivity index (χ2n) is 7.97. The van der Waals surface area contributed by atoms with Gasteiger partial charge in [-0.25, -0.2) is 0 Å². The lowest BCUT2D eigenvalue weighted by atomic mass is 9.90. The van der Waals surface area contributed by atoms with E-state index in [0.29, 0.717) is 13.1 Å². The van der Waals surface area contributed by atoms with Crippen LogP contribution in [0.15, 0.2) is 24.3 Å². The van der Waals surface area contributed by atoms with E-state index in [9.17, 15) is 9.59 Å². The molecule has 1 aromatic carbocycles. The zero-order valence-corrected chi connectivity index (χ0v) is 17.4. The number of carbonyl (C=O) groups excluding carboxylic acids is 2. The Morgan fingerprint density at radius 2 is 1.56 bits per heavy atom. The highest BCUT2D eigenvalue weighted by molar-refractivity contribution is 6.09. The first kappa shape index (κ1) is 21.3. The molecular weight excluding hydrogens is 338 g/mol. The van der Waals surface area contributed by atoms with Crippen LogP contribution in [0, 0.1) is 5.41 Å². The Morgan fingerprint density at radius 3 is 2.07 bits per heavy atom. The van der Waals surface area contributed by atoms with Gasteiger partial charge in [-0.1, -0.05) is 13.8 Å². The monoisotopic (exact) mass is 373 g/mol. The van der Waals surface area contributed by atoms with E-state index < -0.39 is 5.41 Å². The summed E-state index contributed by atoms with van der Waals surface area (Å²) in [5.41, 5.74) is 0.842. The number of hydrogen-bond acceptors (Lipinski definition) is 3. The minimum Gasteiger partial charge on any atom is -0.372 e. The number of benzene rings is 1. The molecule has 27 heavy (non-hydrogen) atoms. The van der Waals surface area contributed by atoms with Gasteiger partial charge in [-0.2, -0.15) is 0 Å². The lowest BCUT2D eigenvalue weighted by Gasteiger charge is -2.31. The normalized spacial score (nSPS) is 14.7. The first-order valence-electron chi connectivity index (χ1n) is 10.4. The highest BCUT2D eigenvalue weighted by Gasteiger charge is 2.38. The van der Waals surface area contributed by atoms with Gasteiger partial charge in [0.25, 0.3) is 0 Å². The third kappa shape index (κ3) is 5.47. The predicted octanol–water partition coefficient (Wildman–Crippen LogP) is 4.29.